The second-order valence-corrected chi connectivity index (χ2v) is 10.2. The maximum Gasteiger partial charge on any atom is 0.408 e. The Hall–Kier alpha value is -1.77. The van der Waals surface area contributed by atoms with Gasteiger partial charge in [0.05, 0.1) is 0 Å². The second-order valence-electron chi connectivity index (χ2n) is 9.21. The minimum absolute atomic E-state index is 0.0720. The number of alkyl carbamates (subject to hydrolysis) is 1. The molecule has 9 heteroatoms. The lowest BCUT2D eigenvalue weighted by molar-refractivity contribution is -0.131. The van der Waals surface area contributed by atoms with Crippen molar-refractivity contribution in [2.75, 3.05) is 5.75 Å². The number of hydrogen-bond donors (Lipinski definition) is 3. The van der Waals surface area contributed by atoms with Crippen molar-refractivity contribution in [1.82, 2.24) is 16.0 Å². The molecule has 0 radical (unpaired) electrons. The van der Waals surface area contributed by atoms with E-state index in [0.717, 1.165) is 0 Å². The van der Waals surface area contributed by atoms with Crippen molar-refractivity contribution in [3.63, 3.8) is 0 Å². The van der Waals surface area contributed by atoms with Gasteiger partial charge in [0.25, 0.3) is 0 Å². The third kappa shape index (κ3) is 9.51. The number of nitrogens with one attached hydrogen (secondary N) is 3. The van der Waals surface area contributed by atoms with Gasteiger partial charge in [0.15, 0.2) is 0 Å². The van der Waals surface area contributed by atoms with E-state index in [1.807, 2.05) is 27.7 Å². The highest BCUT2D eigenvalue weighted by molar-refractivity contribution is 8.16. The molecule has 0 unspecified atom stereocenters. The van der Waals surface area contributed by atoms with Gasteiger partial charge in [-0.15, -0.1) is 0 Å². The quantitative estimate of drug-likeness (QED) is 0.518. The molecule has 29 heavy (non-hydrogen) atoms. The van der Waals surface area contributed by atoms with E-state index in [1.165, 1.54) is 11.8 Å². The standard InChI is InChI=1S/C20H35N3O5S/c1-11(2)8-13(16(24)22-15-10-29-18(15)26)21-17(25)14(9-12(3)4)23-19(27)28-20(5,6)7/h11-15H,8-10H2,1-7H3,(H,21,25)(H,22,24)(H,23,27)/t13-,14-,15-/m0/s1. The molecule has 8 nitrogen and oxygen atoms in total. The summed E-state index contributed by atoms with van der Waals surface area (Å²) >= 11 is 1.17. The van der Waals surface area contributed by atoms with Crippen LogP contribution in [0, 0.1) is 11.8 Å². The number of carbonyl (C=O) groups is 4. The normalized spacial score (nSPS) is 18.7. The fraction of sp³-hybridized carbons (Fsp3) is 0.800. The van der Waals surface area contributed by atoms with Gasteiger partial charge in [0.1, 0.15) is 23.7 Å². The summed E-state index contributed by atoms with van der Waals surface area (Å²) in [6.45, 7) is 13.0. The Bertz CT molecular complexity index is 616. The van der Waals surface area contributed by atoms with Crippen LogP contribution in [-0.4, -0.2) is 52.5 Å². The molecule has 1 aliphatic heterocycles. The molecule has 1 rings (SSSR count). The van der Waals surface area contributed by atoms with E-state index in [0.29, 0.717) is 18.6 Å². The molecule has 3 N–H and O–H groups in total. The van der Waals surface area contributed by atoms with Crippen LogP contribution < -0.4 is 16.0 Å². The number of thioether (sulfide) groups is 1. The van der Waals surface area contributed by atoms with E-state index in [9.17, 15) is 19.2 Å². The van der Waals surface area contributed by atoms with E-state index in [-0.39, 0.29) is 22.9 Å². The van der Waals surface area contributed by atoms with Crippen LogP contribution in [-0.2, 0) is 19.1 Å². The van der Waals surface area contributed by atoms with Crippen LogP contribution in [0.2, 0.25) is 0 Å². The SMILES string of the molecule is CC(C)C[C@H](NC(=O)OC(C)(C)C)C(=O)N[C@@H](CC(C)C)C(=O)N[C@H]1CSC1=O. The largest absolute Gasteiger partial charge is 0.444 e. The van der Waals surface area contributed by atoms with Gasteiger partial charge < -0.3 is 20.7 Å². The monoisotopic (exact) mass is 429 g/mol. The third-order valence-corrected chi connectivity index (χ3v) is 5.12. The molecule has 0 aliphatic carbocycles. The molecule has 1 saturated heterocycles. The molecule has 0 aromatic heterocycles. The molecule has 0 saturated carbocycles. The topological polar surface area (TPSA) is 114 Å². The molecule has 3 amide bonds. The average molecular weight is 430 g/mol. The predicted molar refractivity (Wildman–Crippen MR) is 113 cm³/mol. The molecule has 1 fully saturated rings. The Balaban J connectivity index is 2.82. The summed E-state index contributed by atoms with van der Waals surface area (Å²) in [7, 11) is 0. The minimum Gasteiger partial charge on any atom is -0.444 e. The molecule has 166 valence electrons. The first kappa shape index (κ1) is 25.3. The lowest BCUT2D eigenvalue weighted by Gasteiger charge is -2.29. The summed E-state index contributed by atoms with van der Waals surface area (Å²) in [6, 6.07) is -2.10. The Kier molecular flexibility index (Phi) is 9.45. The van der Waals surface area contributed by atoms with Crippen LogP contribution in [0.3, 0.4) is 0 Å². The van der Waals surface area contributed by atoms with Crippen LogP contribution in [0.5, 0.6) is 0 Å². The highest BCUT2D eigenvalue weighted by atomic mass is 32.2. The van der Waals surface area contributed by atoms with Gasteiger partial charge in [-0.3, -0.25) is 14.4 Å². The fourth-order valence-corrected chi connectivity index (χ4v) is 3.35. The van der Waals surface area contributed by atoms with Crippen molar-refractivity contribution in [1.29, 1.82) is 0 Å². The van der Waals surface area contributed by atoms with Gasteiger partial charge in [-0.1, -0.05) is 39.5 Å². The van der Waals surface area contributed by atoms with E-state index >= 15 is 0 Å². The molecule has 3 atom stereocenters. The highest BCUT2D eigenvalue weighted by Crippen LogP contribution is 2.20. The highest BCUT2D eigenvalue weighted by Gasteiger charge is 2.34. The van der Waals surface area contributed by atoms with Crippen LogP contribution in [0.1, 0.15) is 61.3 Å². The van der Waals surface area contributed by atoms with E-state index < -0.39 is 35.7 Å². The van der Waals surface area contributed by atoms with Crippen molar-refractivity contribution in [3.05, 3.63) is 0 Å². The summed E-state index contributed by atoms with van der Waals surface area (Å²) in [5, 5.41) is 7.98. The summed E-state index contributed by atoms with van der Waals surface area (Å²) < 4.78 is 5.25. The van der Waals surface area contributed by atoms with Gasteiger partial charge in [0.2, 0.25) is 16.9 Å². The zero-order chi connectivity index (χ0) is 22.4. The summed E-state index contributed by atoms with van der Waals surface area (Å²) in [6.07, 6.45) is 0.144. The first-order valence-electron chi connectivity index (χ1n) is 10.1. The maximum atomic E-state index is 12.9. The van der Waals surface area contributed by atoms with Crippen LogP contribution >= 0.6 is 11.8 Å². The molecule has 1 aliphatic rings. The first-order chi connectivity index (χ1) is 13.3. The van der Waals surface area contributed by atoms with Gasteiger partial charge in [-0.25, -0.2) is 4.79 Å². The molecule has 0 aromatic rings. The molecular formula is C20H35N3O5S. The van der Waals surface area contributed by atoms with Gasteiger partial charge in [-0.05, 0) is 45.4 Å². The number of hydrogen-bond acceptors (Lipinski definition) is 6. The smallest absolute Gasteiger partial charge is 0.408 e. The van der Waals surface area contributed by atoms with Crippen molar-refractivity contribution in [3.8, 4) is 0 Å². The van der Waals surface area contributed by atoms with Crippen molar-refractivity contribution >= 4 is 34.8 Å². The van der Waals surface area contributed by atoms with Crippen molar-refractivity contribution < 1.29 is 23.9 Å². The number of ether oxygens (including phenoxy) is 1. The average Bonchev–Trinajstić information content (AvgIpc) is 2.54. The molecule has 1 heterocycles. The lowest BCUT2D eigenvalue weighted by Crippen LogP contribution is -2.58. The van der Waals surface area contributed by atoms with Gasteiger partial charge in [0, 0.05) is 5.75 Å². The van der Waals surface area contributed by atoms with Gasteiger partial charge in [-0.2, -0.15) is 0 Å². The Labute approximate surface area is 177 Å². The zero-order valence-electron chi connectivity index (χ0n) is 18.5. The van der Waals surface area contributed by atoms with E-state index in [2.05, 4.69) is 16.0 Å². The summed E-state index contributed by atoms with van der Waals surface area (Å²) in [5.74, 6) is 0.0109. The molecule has 0 aromatic carbocycles. The fourth-order valence-electron chi connectivity index (χ4n) is 2.74. The molecule has 0 bridgehead atoms. The Morgan fingerprint density at radius 2 is 1.52 bits per heavy atom. The van der Waals surface area contributed by atoms with Crippen LogP contribution in [0.15, 0.2) is 0 Å². The van der Waals surface area contributed by atoms with Crippen molar-refractivity contribution in [2.45, 2.75) is 85.0 Å². The number of rotatable bonds is 9. The van der Waals surface area contributed by atoms with Crippen LogP contribution in [0.25, 0.3) is 0 Å². The predicted octanol–water partition coefficient (Wildman–Crippen LogP) is 2.21. The minimum atomic E-state index is -0.826. The lowest BCUT2D eigenvalue weighted by atomic mass is 10.00. The maximum absolute atomic E-state index is 12.9. The Morgan fingerprint density at radius 3 is 1.90 bits per heavy atom. The second kappa shape index (κ2) is 10.8. The molecular weight excluding hydrogens is 394 g/mol. The first-order valence-corrected chi connectivity index (χ1v) is 11.0. The molecule has 0 spiro atoms. The zero-order valence-corrected chi connectivity index (χ0v) is 19.3. The van der Waals surface area contributed by atoms with Crippen molar-refractivity contribution in [2.24, 2.45) is 11.8 Å². The third-order valence-electron chi connectivity index (χ3n) is 4.05. The van der Waals surface area contributed by atoms with Crippen LogP contribution in [0.4, 0.5) is 4.79 Å². The number of amides is 3. The van der Waals surface area contributed by atoms with E-state index in [4.69, 9.17) is 4.74 Å². The summed E-state index contributed by atoms with van der Waals surface area (Å²) in [4.78, 5) is 49.1. The van der Waals surface area contributed by atoms with Gasteiger partial charge >= 0.3 is 6.09 Å². The number of carbonyl (C=O) groups excluding carboxylic acids is 4. The summed E-state index contributed by atoms with van der Waals surface area (Å²) in [5.41, 5.74) is -0.684. The Morgan fingerprint density at radius 1 is 1.00 bits per heavy atom. The van der Waals surface area contributed by atoms with E-state index in [1.54, 1.807) is 20.8 Å².